The van der Waals surface area contributed by atoms with Crippen LogP contribution in [0.2, 0.25) is 0 Å². The van der Waals surface area contributed by atoms with E-state index in [2.05, 4.69) is 50.0 Å². The van der Waals surface area contributed by atoms with E-state index in [1.165, 1.54) is 199 Å². The molecule has 2 aliphatic rings. The molecule has 7 heteroatoms. The van der Waals surface area contributed by atoms with Crippen LogP contribution in [0, 0.1) is 17.3 Å². The number of ether oxygens (including phenoxy) is 1. The Hall–Kier alpha value is -1.21. The zero-order valence-electron chi connectivity index (χ0n) is 44.4. The number of aliphatic hydroxyl groups excluding tert-OH is 2. The van der Waals surface area contributed by atoms with E-state index in [1.54, 1.807) is 0 Å². The molecule has 6 nitrogen and oxygen atoms in total. The predicted octanol–water partition coefficient (Wildman–Crippen LogP) is 17.1. The fourth-order valence-electron chi connectivity index (χ4n) is 11.3. The standard InChI is InChI=1S/C60H110ClNO5/c1-4-7-9-11-13-15-17-19-21-23-25-27-29-31-33-38-48-62(49-39-34-32-30-28-26-24-22-20-18-16-14-12-10-8-5-2)56(59(66)67-51-50-63)44-37-35-36-42-53-54(57(64)52-55(53)61)43-40-45-58(65)60(6-3)46-41-47-60/h35-36,40,43,50,53-58,64-65H,4-34,37-39,41-42,44-49,51-52H2,1-3H3/t53-,54-,55-,56?,57-,58+/m1/s1. The number of alkyl halides is 1. The molecule has 2 N–H and O–H groups in total. The molecule has 6 atom stereocenters. The van der Waals surface area contributed by atoms with Crippen LogP contribution in [0.3, 0.4) is 0 Å². The third kappa shape index (κ3) is 29.0. The summed E-state index contributed by atoms with van der Waals surface area (Å²) in [5.41, 5.74) is 0.0698. The van der Waals surface area contributed by atoms with Crippen LogP contribution in [-0.4, -0.2) is 70.7 Å². The number of unbranched alkanes of at least 4 members (excludes halogenated alkanes) is 30. The van der Waals surface area contributed by atoms with Crippen LogP contribution in [-0.2, 0) is 14.3 Å². The summed E-state index contributed by atoms with van der Waals surface area (Å²) in [6, 6.07) is -0.365. The van der Waals surface area contributed by atoms with Crippen LogP contribution in [0.5, 0.6) is 0 Å². The summed E-state index contributed by atoms with van der Waals surface area (Å²) < 4.78 is 5.53. The number of halogens is 1. The topological polar surface area (TPSA) is 87.1 Å². The molecular formula is C60H110ClNO5. The maximum Gasteiger partial charge on any atom is 0.323 e. The number of carbonyl (C=O) groups is 2. The van der Waals surface area contributed by atoms with Gasteiger partial charge in [0.15, 0.2) is 6.29 Å². The Kier molecular flexibility index (Phi) is 39.2. The average Bonchev–Trinajstić information content (AvgIpc) is 3.58. The van der Waals surface area contributed by atoms with Gasteiger partial charge in [-0.1, -0.05) is 244 Å². The summed E-state index contributed by atoms with van der Waals surface area (Å²) in [7, 11) is 0. The summed E-state index contributed by atoms with van der Waals surface area (Å²) >= 11 is 6.83. The quantitative estimate of drug-likeness (QED) is 0.0208. The minimum Gasteiger partial charge on any atom is -0.457 e. The van der Waals surface area contributed by atoms with E-state index in [4.69, 9.17) is 16.3 Å². The summed E-state index contributed by atoms with van der Waals surface area (Å²) in [5.74, 6) is -0.175. The highest BCUT2D eigenvalue weighted by Gasteiger charge is 2.42. The molecule has 2 aliphatic carbocycles. The Morgan fingerprint density at radius 2 is 1.09 bits per heavy atom. The molecule has 67 heavy (non-hydrogen) atoms. The number of hydrogen-bond acceptors (Lipinski definition) is 6. The van der Waals surface area contributed by atoms with Crippen molar-refractivity contribution in [3.63, 3.8) is 0 Å². The van der Waals surface area contributed by atoms with E-state index < -0.39 is 6.10 Å². The number of rotatable bonds is 48. The normalized spacial score (nSPS) is 20.3. The van der Waals surface area contributed by atoms with Gasteiger partial charge in [0.05, 0.1) is 12.2 Å². The monoisotopic (exact) mass is 960 g/mol. The van der Waals surface area contributed by atoms with Crippen molar-refractivity contribution >= 4 is 23.9 Å². The first kappa shape index (κ1) is 61.9. The van der Waals surface area contributed by atoms with Gasteiger partial charge in [0.2, 0.25) is 0 Å². The Bertz CT molecular complexity index is 1160. The van der Waals surface area contributed by atoms with E-state index in [9.17, 15) is 19.8 Å². The molecule has 0 spiro atoms. The highest BCUT2D eigenvalue weighted by Crippen LogP contribution is 2.48. The second-order valence-corrected chi connectivity index (χ2v) is 22.1. The number of allylic oxidation sites excluding steroid dienone is 2. The molecular weight excluding hydrogens is 850 g/mol. The molecule has 2 saturated carbocycles. The Balaban J connectivity index is 1.86. The molecule has 0 bridgehead atoms. The lowest BCUT2D eigenvalue weighted by Gasteiger charge is -2.45. The van der Waals surface area contributed by atoms with Crippen molar-refractivity contribution in [2.24, 2.45) is 17.3 Å². The van der Waals surface area contributed by atoms with Gasteiger partial charge in [-0.15, -0.1) is 11.6 Å². The maximum atomic E-state index is 13.6. The molecule has 0 amide bonds. The zero-order valence-corrected chi connectivity index (χ0v) is 45.2. The van der Waals surface area contributed by atoms with Crippen LogP contribution in [0.1, 0.15) is 284 Å². The van der Waals surface area contributed by atoms with Gasteiger partial charge < -0.3 is 14.9 Å². The van der Waals surface area contributed by atoms with Gasteiger partial charge in [-0.2, -0.15) is 0 Å². The summed E-state index contributed by atoms with van der Waals surface area (Å²) in [6.07, 6.45) is 59.2. The lowest BCUT2D eigenvalue weighted by molar-refractivity contribution is -0.152. The first-order valence-electron chi connectivity index (χ1n) is 29.5. The van der Waals surface area contributed by atoms with Crippen molar-refractivity contribution in [1.29, 1.82) is 0 Å². The summed E-state index contributed by atoms with van der Waals surface area (Å²) in [6.45, 7) is 8.35. The van der Waals surface area contributed by atoms with Crippen molar-refractivity contribution < 1.29 is 24.5 Å². The van der Waals surface area contributed by atoms with Crippen molar-refractivity contribution in [3.05, 3.63) is 24.3 Å². The Labute approximate surface area is 420 Å². The predicted molar refractivity (Wildman–Crippen MR) is 288 cm³/mol. The third-order valence-electron chi connectivity index (χ3n) is 16.1. The molecule has 392 valence electrons. The van der Waals surface area contributed by atoms with Gasteiger partial charge in [0, 0.05) is 11.3 Å². The van der Waals surface area contributed by atoms with Gasteiger partial charge in [-0.3, -0.25) is 14.5 Å². The molecule has 0 radical (unpaired) electrons. The van der Waals surface area contributed by atoms with Crippen LogP contribution in [0.25, 0.3) is 0 Å². The number of carbonyl (C=O) groups excluding carboxylic acids is 2. The lowest BCUT2D eigenvalue weighted by atomic mass is 9.63. The van der Waals surface area contributed by atoms with Crippen LogP contribution in [0.4, 0.5) is 0 Å². The largest absolute Gasteiger partial charge is 0.457 e. The fraction of sp³-hybridized carbons (Fsp3) is 0.900. The molecule has 2 rings (SSSR count). The average molecular weight is 961 g/mol. The van der Waals surface area contributed by atoms with E-state index in [-0.39, 0.29) is 47.3 Å². The maximum absolute atomic E-state index is 13.6. The molecule has 0 aromatic carbocycles. The number of hydrogen-bond donors (Lipinski definition) is 2. The van der Waals surface area contributed by atoms with Crippen LogP contribution in [0.15, 0.2) is 24.3 Å². The minimum absolute atomic E-state index is 0.0284. The molecule has 2 fully saturated rings. The number of aldehydes is 1. The van der Waals surface area contributed by atoms with Crippen molar-refractivity contribution in [2.75, 3.05) is 19.7 Å². The van der Waals surface area contributed by atoms with Crippen LogP contribution >= 0.6 is 11.6 Å². The van der Waals surface area contributed by atoms with Gasteiger partial charge >= 0.3 is 5.97 Å². The number of esters is 1. The van der Waals surface area contributed by atoms with Crippen LogP contribution < -0.4 is 0 Å². The smallest absolute Gasteiger partial charge is 0.323 e. The Morgan fingerprint density at radius 3 is 1.48 bits per heavy atom. The van der Waals surface area contributed by atoms with Gasteiger partial charge in [-0.25, -0.2) is 0 Å². The third-order valence-corrected chi connectivity index (χ3v) is 16.6. The molecule has 0 saturated heterocycles. The van der Waals surface area contributed by atoms with Gasteiger partial charge in [-0.05, 0) is 88.6 Å². The minimum atomic E-state index is -0.474. The van der Waals surface area contributed by atoms with Crippen molar-refractivity contribution in [3.8, 4) is 0 Å². The Morgan fingerprint density at radius 1 is 0.657 bits per heavy atom. The first-order valence-corrected chi connectivity index (χ1v) is 29.9. The van der Waals surface area contributed by atoms with Crippen molar-refractivity contribution in [2.45, 2.75) is 308 Å². The van der Waals surface area contributed by atoms with Gasteiger partial charge in [0.25, 0.3) is 0 Å². The second-order valence-electron chi connectivity index (χ2n) is 21.5. The van der Waals surface area contributed by atoms with Gasteiger partial charge in [0.1, 0.15) is 12.6 Å². The highest BCUT2D eigenvalue weighted by molar-refractivity contribution is 6.21. The first-order chi connectivity index (χ1) is 32.8. The summed E-state index contributed by atoms with van der Waals surface area (Å²) in [4.78, 5) is 27.3. The molecule has 0 aromatic rings. The highest BCUT2D eigenvalue weighted by atomic mass is 35.5. The SMILES string of the molecule is CCCCCCCCCCCCCCCCCCN(CCCCCCCCCCCCCCCCCC)C(CCC=CC[C@@H]1[C@@H](C=CC[C@H](O)C2(CC)CCC2)[C@H](O)C[C@H]1Cl)C(=O)OCC=O. The van der Waals surface area contributed by atoms with Crippen molar-refractivity contribution in [1.82, 2.24) is 4.90 Å². The molecule has 1 unspecified atom stereocenters. The fourth-order valence-corrected chi connectivity index (χ4v) is 11.7. The second kappa shape index (κ2) is 42.5. The van der Waals surface area contributed by atoms with E-state index in [1.807, 2.05) is 0 Å². The molecule has 0 aliphatic heterocycles. The van der Waals surface area contributed by atoms with E-state index >= 15 is 0 Å². The number of aliphatic hydroxyl groups is 2. The number of nitrogens with zero attached hydrogens (tertiary/aromatic N) is 1. The lowest BCUT2D eigenvalue weighted by Crippen LogP contribution is -2.43. The molecule has 0 aromatic heterocycles. The van der Waals surface area contributed by atoms with E-state index in [0.29, 0.717) is 25.5 Å². The summed E-state index contributed by atoms with van der Waals surface area (Å²) in [5, 5.41) is 21.8. The zero-order chi connectivity index (χ0) is 48.5. The van der Waals surface area contributed by atoms with E-state index in [0.717, 1.165) is 58.0 Å². The molecule has 0 heterocycles.